The highest BCUT2D eigenvalue weighted by Crippen LogP contribution is 2.36. The number of rotatable bonds is 0. The molecule has 2 heterocycles. The van der Waals surface area contributed by atoms with Crippen LogP contribution in [0.1, 0.15) is 15.2 Å². The number of hydrogen-bond donors (Lipinski definition) is 1. The molecule has 0 spiro atoms. The van der Waals surface area contributed by atoms with E-state index in [0.717, 1.165) is 21.9 Å². The van der Waals surface area contributed by atoms with E-state index in [0.29, 0.717) is 5.56 Å². The van der Waals surface area contributed by atoms with Crippen LogP contribution in [0.15, 0.2) is 29.6 Å². The second-order valence-corrected chi connectivity index (χ2v) is 4.72. The molecular formula is C12H9N2OS. The molecule has 1 radical (unpaired) electrons. The average Bonchev–Trinajstić information content (AvgIpc) is 2.57. The largest absolute Gasteiger partial charge is 0.320 e. The Morgan fingerprint density at radius 2 is 2.12 bits per heavy atom. The number of anilines is 1. The van der Waals surface area contributed by atoms with E-state index in [-0.39, 0.29) is 5.91 Å². The summed E-state index contributed by atoms with van der Waals surface area (Å²) in [7, 11) is 0. The van der Waals surface area contributed by atoms with Crippen molar-refractivity contribution in [2.24, 2.45) is 0 Å². The molecule has 0 saturated heterocycles. The predicted octanol–water partition coefficient (Wildman–Crippen LogP) is 3.19. The van der Waals surface area contributed by atoms with Crippen molar-refractivity contribution in [1.29, 1.82) is 0 Å². The maximum absolute atomic E-state index is 11.9. The smallest absolute Gasteiger partial charge is 0.258 e. The van der Waals surface area contributed by atoms with Gasteiger partial charge in [-0.3, -0.25) is 4.79 Å². The van der Waals surface area contributed by atoms with E-state index in [9.17, 15) is 4.79 Å². The van der Waals surface area contributed by atoms with E-state index in [2.05, 4.69) is 10.6 Å². The van der Waals surface area contributed by atoms with Crippen molar-refractivity contribution in [2.45, 2.75) is 6.92 Å². The van der Waals surface area contributed by atoms with Crippen molar-refractivity contribution >= 4 is 34.3 Å². The summed E-state index contributed by atoms with van der Waals surface area (Å²) in [6, 6.07) is 7.57. The van der Waals surface area contributed by atoms with Crippen LogP contribution >= 0.6 is 11.3 Å². The highest BCUT2D eigenvalue weighted by Gasteiger charge is 2.22. The molecule has 3 rings (SSSR count). The molecule has 2 aromatic rings. The molecule has 0 fully saturated rings. The van der Waals surface area contributed by atoms with Gasteiger partial charge in [-0.05, 0) is 19.1 Å². The Balaban J connectivity index is 2.20. The molecule has 79 valence electrons. The SMILES string of the molecule is Cc1scc2c1[N]c1ccccc1NC2=O. The first-order valence-corrected chi connectivity index (χ1v) is 5.84. The third-order valence-electron chi connectivity index (χ3n) is 2.57. The van der Waals surface area contributed by atoms with Crippen LogP contribution in [0.25, 0.3) is 0 Å². The van der Waals surface area contributed by atoms with Gasteiger partial charge in [0.1, 0.15) is 0 Å². The molecule has 1 amide bonds. The summed E-state index contributed by atoms with van der Waals surface area (Å²) in [5, 5.41) is 9.26. The normalized spacial score (nSPS) is 13.2. The molecule has 1 aliphatic rings. The molecule has 0 atom stereocenters. The summed E-state index contributed by atoms with van der Waals surface area (Å²) in [6.07, 6.45) is 0. The molecule has 4 heteroatoms. The van der Waals surface area contributed by atoms with E-state index in [1.807, 2.05) is 36.6 Å². The van der Waals surface area contributed by atoms with Crippen molar-refractivity contribution < 1.29 is 4.79 Å². The number of nitrogens with one attached hydrogen (secondary N) is 1. The number of thiophene rings is 1. The monoisotopic (exact) mass is 229 g/mol. The van der Waals surface area contributed by atoms with Crippen LogP contribution in [0.5, 0.6) is 0 Å². The fraction of sp³-hybridized carbons (Fsp3) is 0.0833. The minimum atomic E-state index is -0.0759. The molecule has 1 aromatic carbocycles. The zero-order valence-corrected chi connectivity index (χ0v) is 9.47. The standard InChI is InChI=1S/C12H9N2OS/c1-7-11-8(6-16-7)12(15)14-10-5-3-2-4-9(10)13-11/h2-6H,1H3,(H,14,15). The van der Waals surface area contributed by atoms with Crippen LogP contribution in [-0.2, 0) is 0 Å². The summed E-state index contributed by atoms with van der Waals surface area (Å²) in [5.74, 6) is -0.0759. The Labute approximate surface area is 97.1 Å². The Kier molecular flexibility index (Phi) is 1.97. The molecule has 0 saturated carbocycles. The predicted molar refractivity (Wildman–Crippen MR) is 64.9 cm³/mol. The van der Waals surface area contributed by atoms with Gasteiger partial charge in [-0.25, -0.2) is 5.32 Å². The first kappa shape index (κ1) is 9.42. The van der Waals surface area contributed by atoms with Crippen molar-refractivity contribution in [2.75, 3.05) is 5.32 Å². The average molecular weight is 229 g/mol. The second kappa shape index (κ2) is 3.35. The van der Waals surface area contributed by atoms with Crippen LogP contribution in [0.4, 0.5) is 17.1 Å². The Morgan fingerprint density at radius 3 is 3.00 bits per heavy atom. The van der Waals surface area contributed by atoms with Gasteiger partial charge in [0.05, 0.1) is 22.6 Å². The third-order valence-corrected chi connectivity index (χ3v) is 3.47. The number of carbonyl (C=O) groups is 1. The van der Waals surface area contributed by atoms with Gasteiger partial charge in [0, 0.05) is 10.3 Å². The highest BCUT2D eigenvalue weighted by molar-refractivity contribution is 7.10. The highest BCUT2D eigenvalue weighted by atomic mass is 32.1. The number of nitrogens with zero attached hydrogens (tertiary/aromatic N) is 1. The van der Waals surface area contributed by atoms with Gasteiger partial charge in [-0.2, -0.15) is 0 Å². The fourth-order valence-electron chi connectivity index (χ4n) is 1.74. The van der Waals surface area contributed by atoms with E-state index >= 15 is 0 Å². The Bertz CT molecular complexity index is 574. The van der Waals surface area contributed by atoms with Gasteiger partial charge in [0.25, 0.3) is 5.91 Å². The van der Waals surface area contributed by atoms with Gasteiger partial charge >= 0.3 is 0 Å². The molecular weight excluding hydrogens is 220 g/mol. The number of aryl methyl sites for hydroxylation is 1. The van der Waals surface area contributed by atoms with E-state index in [4.69, 9.17) is 0 Å². The molecule has 0 bridgehead atoms. The molecule has 1 aromatic heterocycles. The molecule has 16 heavy (non-hydrogen) atoms. The lowest BCUT2D eigenvalue weighted by molar-refractivity contribution is 0.102. The van der Waals surface area contributed by atoms with Gasteiger partial charge in [-0.15, -0.1) is 11.3 Å². The Morgan fingerprint density at radius 1 is 1.31 bits per heavy atom. The molecule has 0 unspecified atom stereocenters. The number of amides is 1. The lowest BCUT2D eigenvalue weighted by atomic mass is 10.2. The van der Waals surface area contributed by atoms with Crippen LogP contribution < -0.4 is 10.6 Å². The van der Waals surface area contributed by atoms with E-state index < -0.39 is 0 Å². The first-order valence-electron chi connectivity index (χ1n) is 4.96. The second-order valence-electron chi connectivity index (χ2n) is 3.64. The van der Waals surface area contributed by atoms with Gasteiger partial charge in [-0.1, -0.05) is 12.1 Å². The van der Waals surface area contributed by atoms with E-state index in [1.54, 1.807) is 11.3 Å². The molecule has 3 nitrogen and oxygen atoms in total. The molecule has 0 aliphatic carbocycles. The molecule has 1 N–H and O–H groups in total. The van der Waals surface area contributed by atoms with Crippen molar-refractivity contribution in [3.63, 3.8) is 0 Å². The number of fused-ring (bicyclic) bond motifs is 2. The fourth-order valence-corrected chi connectivity index (χ4v) is 2.52. The quantitative estimate of drug-likeness (QED) is 0.740. The van der Waals surface area contributed by atoms with Crippen LogP contribution in [0.3, 0.4) is 0 Å². The van der Waals surface area contributed by atoms with Crippen molar-refractivity contribution in [3.8, 4) is 0 Å². The van der Waals surface area contributed by atoms with Crippen LogP contribution in [0.2, 0.25) is 0 Å². The zero-order valence-electron chi connectivity index (χ0n) is 8.65. The van der Waals surface area contributed by atoms with Gasteiger partial charge in [0.2, 0.25) is 0 Å². The summed E-state index contributed by atoms with van der Waals surface area (Å²) >= 11 is 1.55. The van der Waals surface area contributed by atoms with Crippen LogP contribution in [-0.4, -0.2) is 5.91 Å². The number of hydrogen-bond acceptors (Lipinski definition) is 2. The summed E-state index contributed by atoms with van der Waals surface area (Å²) in [4.78, 5) is 13.0. The summed E-state index contributed by atoms with van der Waals surface area (Å²) in [5.41, 5.74) is 3.05. The summed E-state index contributed by atoms with van der Waals surface area (Å²) in [6.45, 7) is 1.98. The van der Waals surface area contributed by atoms with Crippen molar-refractivity contribution in [3.05, 3.63) is 40.1 Å². The molecule has 1 aliphatic heterocycles. The van der Waals surface area contributed by atoms with Crippen LogP contribution in [0, 0.1) is 6.92 Å². The number of para-hydroxylation sites is 2. The topological polar surface area (TPSA) is 43.2 Å². The van der Waals surface area contributed by atoms with Crippen molar-refractivity contribution in [1.82, 2.24) is 5.32 Å². The summed E-state index contributed by atoms with van der Waals surface area (Å²) < 4.78 is 0. The minimum Gasteiger partial charge on any atom is -0.320 e. The Hall–Kier alpha value is -1.81. The lowest BCUT2D eigenvalue weighted by Gasteiger charge is -2.04. The number of benzene rings is 1. The minimum absolute atomic E-state index is 0.0759. The van der Waals surface area contributed by atoms with Gasteiger partial charge < -0.3 is 5.32 Å². The van der Waals surface area contributed by atoms with E-state index in [1.165, 1.54) is 0 Å². The third kappa shape index (κ3) is 1.31. The zero-order chi connectivity index (χ0) is 11.1. The number of carbonyl (C=O) groups excluding carboxylic acids is 1. The van der Waals surface area contributed by atoms with Gasteiger partial charge in [0.15, 0.2) is 0 Å². The first-order chi connectivity index (χ1) is 7.75. The maximum atomic E-state index is 11.9. The lowest BCUT2D eigenvalue weighted by Crippen LogP contribution is -2.09. The maximum Gasteiger partial charge on any atom is 0.258 e.